The van der Waals surface area contributed by atoms with Crippen molar-refractivity contribution in [2.45, 2.75) is 118 Å². The zero-order valence-electron chi connectivity index (χ0n) is 23.4. The van der Waals surface area contributed by atoms with Crippen LogP contribution in [0, 0.1) is 33.5 Å². The maximum atomic E-state index is 9.90. The van der Waals surface area contributed by atoms with E-state index in [1.165, 1.54) is 0 Å². The Hall–Kier alpha value is -1.45. The van der Waals surface area contributed by atoms with Gasteiger partial charge in [-0.15, -0.1) is 0 Å². The molecule has 1 rings (SSSR count). The molecular formula is C28H48N2O2Si2. The van der Waals surface area contributed by atoms with Gasteiger partial charge >= 0.3 is 0 Å². The van der Waals surface area contributed by atoms with E-state index in [1.807, 2.05) is 0 Å². The summed E-state index contributed by atoms with van der Waals surface area (Å²) in [5, 5.41) is 19.8. The Bertz CT molecular complexity index is 784. The summed E-state index contributed by atoms with van der Waals surface area (Å²) in [6, 6.07) is 8.81. The Kier molecular flexibility index (Phi) is 12.2. The second-order valence-corrected chi connectivity index (χ2v) is 17.0. The summed E-state index contributed by atoms with van der Waals surface area (Å²) in [4.78, 5) is 0. The maximum Gasteiger partial charge on any atom is 0.171 e. The molecule has 0 bridgehead atoms. The zero-order chi connectivity index (χ0) is 26.1. The largest absolute Gasteiger partial charge is 0.417 e. The van der Waals surface area contributed by atoms with E-state index >= 15 is 0 Å². The number of benzene rings is 1. The van der Waals surface area contributed by atoms with E-state index in [1.54, 1.807) is 0 Å². The molecule has 0 saturated carbocycles. The van der Waals surface area contributed by atoms with Crippen molar-refractivity contribution in [1.29, 1.82) is 10.5 Å². The van der Waals surface area contributed by atoms with Gasteiger partial charge in [-0.05, 0) is 86.7 Å². The molecule has 0 saturated heterocycles. The molecule has 0 fully saturated rings. The zero-order valence-corrected chi connectivity index (χ0v) is 25.7. The van der Waals surface area contributed by atoms with Gasteiger partial charge in [-0.3, -0.25) is 0 Å². The second kappa shape index (κ2) is 13.6. The van der Waals surface area contributed by atoms with Crippen molar-refractivity contribution < 1.29 is 8.85 Å². The van der Waals surface area contributed by atoms with Crippen molar-refractivity contribution in [3.63, 3.8) is 0 Å². The monoisotopic (exact) mass is 500 g/mol. The Morgan fingerprint density at radius 3 is 1.26 bits per heavy atom. The lowest BCUT2D eigenvalue weighted by atomic mass is 9.84. The Morgan fingerprint density at radius 2 is 1.03 bits per heavy atom. The molecule has 2 atom stereocenters. The predicted molar refractivity (Wildman–Crippen MR) is 148 cm³/mol. The van der Waals surface area contributed by atoms with Gasteiger partial charge in [0.1, 0.15) is 12.1 Å². The summed E-state index contributed by atoms with van der Waals surface area (Å²) in [6.45, 7) is 22.2. The van der Waals surface area contributed by atoms with Gasteiger partial charge in [0.15, 0.2) is 18.1 Å². The topological polar surface area (TPSA) is 66.0 Å². The van der Waals surface area contributed by atoms with E-state index in [4.69, 9.17) is 8.85 Å². The summed E-state index contributed by atoms with van der Waals surface area (Å²) < 4.78 is 12.6. The van der Waals surface area contributed by atoms with Crippen molar-refractivity contribution >= 4 is 18.1 Å². The van der Waals surface area contributed by atoms with Crippen LogP contribution in [-0.4, -0.2) is 30.3 Å². The van der Waals surface area contributed by atoms with Gasteiger partial charge in [-0.25, -0.2) is 0 Å². The second-order valence-electron chi connectivity index (χ2n) is 12.2. The van der Waals surface area contributed by atoms with E-state index in [-0.39, 0.29) is 23.0 Å². The molecule has 1 aromatic carbocycles. The van der Waals surface area contributed by atoms with Crippen molar-refractivity contribution in [2.24, 2.45) is 10.8 Å². The summed E-state index contributed by atoms with van der Waals surface area (Å²) in [5.74, 6) is 0. The average Bonchev–Trinajstić information content (AvgIpc) is 2.70. The van der Waals surface area contributed by atoms with E-state index < -0.39 is 18.1 Å². The van der Waals surface area contributed by atoms with Crippen LogP contribution < -0.4 is 0 Å². The number of nitrogens with zero attached hydrogens (tertiary/aromatic N) is 2. The summed E-state index contributed by atoms with van der Waals surface area (Å²) in [7, 11) is -2.24. The van der Waals surface area contributed by atoms with E-state index in [0.717, 1.165) is 49.7 Å². The average molecular weight is 501 g/mol. The SMILES string of the molecule is C[SiH](C)OC(CCCc1ccc(CCCC(O[SiH](C)C)C(C)(C)C)c(C#N)c1C#N)C(C)(C)C. The molecular weight excluding hydrogens is 452 g/mol. The van der Waals surface area contributed by atoms with Crippen molar-refractivity contribution in [3.05, 3.63) is 34.4 Å². The summed E-state index contributed by atoms with van der Waals surface area (Å²) in [6.07, 6.45) is 5.89. The first-order valence-electron chi connectivity index (χ1n) is 13.0. The highest BCUT2D eigenvalue weighted by Gasteiger charge is 2.27. The third-order valence-electron chi connectivity index (χ3n) is 6.23. The molecule has 4 nitrogen and oxygen atoms in total. The number of nitriles is 2. The van der Waals surface area contributed by atoms with Gasteiger partial charge in [0.2, 0.25) is 0 Å². The van der Waals surface area contributed by atoms with Crippen molar-refractivity contribution in [2.75, 3.05) is 0 Å². The molecule has 0 aromatic heterocycles. The minimum atomic E-state index is -1.12. The van der Waals surface area contributed by atoms with Crippen LogP contribution in [0.5, 0.6) is 0 Å². The van der Waals surface area contributed by atoms with Crippen molar-refractivity contribution in [3.8, 4) is 12.1 Å². The molecule has 0 radical (unpaired) electrons. The number of hydrogen-bond acceptors (Lipinski definition) is 4. The highest BCUT2D eigenvalue weighted by molar-refractivity contribution is 6.48. The highest BCUT2D eigenvalue weighted by Crippen LogP contribution is 2.30. The Labute approximate surface area is 213 Å². The number of hydrogen-bond donors (Lipinski definition) is 0. The van der Waals surface area contributed by atoms with Gasteiger partial charge in [-0.2, -0.15) is 10.5 Å². The van der Waals surface area contributed by atoms with Gasteiger partial charge in [0.25, 0.3) is 0 Å². The lowest BCUT2D eigenvalue weighted by molar-refractivity contribution is 0.0766. The number of rotatable bonds is 12. The third-order valence-corrected chi connectivity index (χ3v) is 7.98. The lowest BCUT2D eigenvalue weighted by Gasteiger charge is -2.33. The van der Waals surface area contributed by atoms with Gasteiger partial charge in [-0.1, -0.05) is 53.7 Å². The van der Waals surface area contributed by atoms with E-state index in [9.17, 15) is 10.5 Å². The molecule has 0 aliphatic rings. The molecule has 0 aliphatic heterocycles. The highest BCUT2D eigenvalue weighted by atomic mass is 28.3. The van der Waals surface area contributed by atoms with Crippen molar-refractivity contribution in [1.82, 2.24) is 0 Å². The molecule has 34 heavy (non-hydrogen) atoms. The Balaban J connectivity index is 2.92. The van der Waals surface area contributed by atoms with E-state index in [2.05, 4.69) is 92.0 Å². The summed E-state index contributed by atoms with van der Waals surface area (Å²) >= 11 is 0. The van der Waals surface area contributed by atoms with Crippen LogP contribution in [0.1, 0.15) is 89.5 Å². The van der Waals surface area contributed by atoms with Crippen LogP contribution in [0.15, 0.2) is 12.1 Å². The van der Waals surface area contributed by atoms with Gasteiger partial charge in [0.05, 0.1) is 11.1 Å². The standard InChI is InChI=1S/C28H48N2O2Si2/c1-27(2,3)25(31-33(7)8)15-11-13-21-17-18-22(24(20-30)23(21)19-29)14-12-16-26(28(4,5)6)32-34(9)10/h17-18,25-26,33-34H,11-16H2,1-10H3. The fraction of sp³-hybridized carbons (Fsp3) is 0.714. The summed E-state index contributed by atoms with van der Waals surface area (Å²) in [5.41, 5.74) is 3.29. The number of aryl methyl sites for hydroxylation is 2. The van der Waals surface area contributed by atoms with Crippen LogP contribution in [0.3, 0.4) is 0 Å². The smallest absolute Gasteiger partial charge is 0.171 e. The molecule has 190 valence electrons. The van der Waals surface area contributed by atoms with Gasteiger partial charge in [0, 0.05) is 12.2 Å². The molecule has 1 aromatic rings. The molecule has 0 spiro atoms. The first kappa shape index (κ1) is 30.6. The fourth-order valence-electron chi connectivity index (χ4n) is 4.38. The molecule has 6 heteroatoms. The van der Waals surface area contributed by atoms with Gasteiger partial charge < -0.3 is 8.85 Å². The van der Waals surface area contributed by atoms with Crippen LogP contribution in [-0.2, 0) is 21.7 Å². The van der Waals surface area contributed by atoms with Crippen LogP contribution in [0.25, 0.3) is 0 Å². The minimum absolute atomic E-state index is 0.101. The van der Waals surface area contributed by atoms with E-state index in [0.29, 0.717) is 11.1 Å². The maximum absolute atomic E-state index is 9.90. The van der Waals surface area contributed by atoms with Crippen LogP contribution >= 0.6 is 0 Å². The molecule has 0 aliphatic carbocycles. The Morgan fingerprint density at radius 1 is 0.706 bits per heavy atom. The predicted octanol–water partition coefficient (Wildman–Crippen LogP) is 6.90. The molecule has 2 unspecified atom stereocenters. The van der Waals surface area contributed by atoms with Crippen LogP contribution in [0.2, 0.25) is 26.2 Å². The molecule has 0 heterocycles. The fourth-order valence-corrected chi connectivity index (χ4v) is 6.79. The minimum Gasteiger partial charge on any atom is -0.417 e. The molecule has 0 amide bonds. The third kappa shape index (κ3) is 10.0. The lowest BCUT2D eigenvalue weighted by Crippen LogP contribution is -2.33. The normalized spacial score (nSPS) is 14.2. The quantitative estimate of drug-likeness (QED) is 0.293. The first-order valence-corrected chi connectivity index (χ1v) is 18.5. The first-order chi connectivity index (χ1) is 15.7. The molecule has 0 N–H and O–H groups in total. The van der Waals surface area contributed by atoms with Crippen LogP contribution in [0.4, 0.5) is 0 Å².